The summed E-state index contributed by atoms with van der Waals surface area (Å²) >= 11 is 0. The van der Waals surface area contributed by atoms with Gasteiger partial charge in [0.2, 0.25) is 5.91 Å². The highest BCUT2D eigenvalue weighted by atomic mass is 16.5. The standard InChI is InChI=1S/C25H28N2O3/c1-25(2,24(28)27-26)16-21-13-14-22(29-17-19-9-5-3-6-10-19)23(15-21)30-18-20-11-7-4-8-12-20/h3-15H,16-18,26H2,1-2H3,(H,27,28). The van der Waals surface area contributed by atoms with E-state index in [0.29, 0.717) is 31.1 Å². The fourth-order valence-electron chi connectivity index (χ4n) is 3.15. The predicted octanol–water partition coefficient (Wildman–Crippen LogP) is 4.40. The van der Waals surface area contributed by atoms with Crippen LogP contribution in [0.1, 0.15) is 30.5 Å². The van der Waals surface area contributed by atoms with Crippen LogP contribution in [0.2, 0.25) is 0 Å². The van der Waals surface area contributed by atoms with Crippen LogP contribution in [-0.4, -0.2) is 5.91 Å². The third-order valence-corrected chi connectivity index (χ3v) is 4.87. The molecule has 0 radical (unpaired) electrons. The van der Waals surface area contributed by atoms with Crippen LogP contribution in [0.25, 0.3) is 0 Å². The zero-order chi connectivity index (χ0) is 21.4. The number of nitrogens with two attached hydrogens (primary N) is 1. The van der Waals surface area contributed by atoms with Crippen LogP contribution in [-0.2, 0) is 24.4 Å². The van der Waals surface area contributed by atoms with Gasteiger partial charge in [0.15, 0.2) is 11.5 Å². The maximum atomic E-state index is 12.1. The molecule has 30 heavy (non-hydrogen) atoms. The molecule has 5 nitrogen and oxygen atoms in total. The second kappa shape index (κ2) is 9.94. The molecule has 0 unspecified atom stereocenters. The van der Waals surface area contributed by atoms with Gasteiger partial charge in [0.1, 0.15) is 13.2 Å². The van der Waals surface area contributed by atoms with Gasteiger partial charge in [0.05, 0.1) is 0 Å². The summed E-state index contributed by atoms with van der Waals surface area (Å²) in [6.07, 6.45) is 0.524. The second-order valence-electron chi connectivity index (χ2n) is 7.86. The normalized spacial score (nSPS) is 11.0. The number of nitrogens with one attached hydrogen (secondary N) is 1. The fraction of sp³-hybridized carbons (Fsp3) is 0.240. The summed E-state index contributed by atoms with van der Waals surface area (Å²) < 4.78 is 12.1. The summed E-state index contributed by atoms with van der Waals surface area (Å²) in [4.78, 5) is 12.1. The van der Waals surface area contributed by atoms with Gasteiger partial charge in [0.25, 0.3) is 0 Å². The number of hydrogen-bond donors (Lipinski definition) is 2. The molecule has 156 valence electrons. The highest BCUT2D eigenvalue weighted by Crippen LogP contribution is 2.32. The molecule has 0 saturated carbocycles. The van der Waals surface area contributed by atoms with Crippen LogP contribution in [0.5, 0.6) is 11.5 Å². The van der Waals surface area contributed by atoms with Crippen molar-refractivity contribution in [3.05, 3.63) is 95.6 Å². The molecule has 0 aliphatic heterocycles. The molecule has 0 aliphatic rings. The smallest absolute Gasteiger partial charge is 0.239 e. The van der Waals surface area contributed by atoms with Crippen molar-refractivity contribution in [2.75, 3.05) is 0 Å². The first-order valence-electron chi connectivity index (χ1n) is 9.95. The summed E-state index contributed by atoms with van der Waals surface area (Å²) in [5.74, 6) is 6.43. The number of benzene rings is 3. The van der Waals surface area contributed by atoms with Gasteiger partial charge in [-0.3, -0.25) is 10.2 Å². The lowest BCUT2D eigenvalue weighted by molar-refractivity contribution is -0.129. The Morgan fingerprint density at radius 3 is 1.87 bits per heavy atom. The average molecular weight is 405 g/mol. The molecule has 0 atom stereocenters. The minimum atomic E-state index is -0.641. The van der Waals surface area contributed by atoms with Gasteiger partial charge in [0, 0.05) is 5.41 Å². The number of carbonyl (C=O) groups excluding carboxylic acids is 1. The second-order valence-corrected chi connectivity index (χ2v) is 7.86. The Labute approximate surface area is 177 Å². The number of hydrazine groups is 1. The van der Waals surface area contributed by atoms with Crippen molar-refractivity contribution in [2.45, 2.75) is 33.5 Å². The Morgan fingerprint density at radius 2 is 1.33 bits per heavy atom. The van der Waals surface area contributed by atoms with Crippen LogP contribution in [0, 0.1) is 5.41 Å². The fourth-order valence-corrected chi connectivity index (χ4v) is 3.15. The van der Waals surface area contributed by atoms with E-state index in [-0.39, 0.29) is 5.91 Å². The van der Waals surface area contributed by atoms with Crippen LogP contribution < -0.4 is 20.7 Å². The molecule has 0 spiro atoms. The van der Waals surface area contributed by atoms with E-state index in [1.165, 1.54) is 0 Å². The number of ether oxygens (including phenoxy) is 2. The molecule has 0 heterocycles. The molecule has 0 bridgehead atoms. The largest absolute Gasteiger partial charge is 0.485 e. The molecule has 0 aromatic heterocycles. The van der Waals surface area contributed by atoms with Gasteiger partial charge in [-0.25, -0.2) is 5.84 Å². The summed E-state index contributed by atoms with van der Waals surface area (Å²) in [5, 5.41) is 0. The maximum Gasteiger partial charge on any atom is 0.239 e. The first kappa shape index (κ1) is 21.4. The van der Waals surface area contributed by atoms with Crippen LogP contribution in [0.15, 0.2) is 78.9 Å². The molecule has 1 amide bonds. The summed E-state index contributed by atoms with van der Waals surface area (Å²) in [5.41, 5.74) is 4.72. The Morgan fingerprint density at radius 1 is 0.800 bits per heavy atom. The van der Waals surface area contributed by atoms with E-state index in [0.717, 1.165) is 16.7 Å². The van der Waals surface area contributed by atoms with E-state index in [9.17, 15) is 4.79 Å². The first-order chi connectivity index (χ1) is 14.5. The Bertz CT molecular complexity index is 957. The Kier molecular flexibility index (Phi) is 7.09. The number of carbonyl (C=O) groups is 1. The predicted molar refractivity (Wildman–Crippen MR) is 118 cm³/mol. The Balaban J connectivity index is 1.80. The number of rotatable bonds is 9. The van der Waals surface area contributed by atoms with Crippen molar-refractivity contribution < 1.29 is 14.3 Å². The highest BCUT2D eigenvalue weighted by molar-refractivity contribution is 5.81. The highest BCUT2D eigenvalue weighted by Gasteiger charge is 2.27. The van der Waals surface area contributed by atoms with Crippen LogP contribution in [0.3, 0.4) is 0 Å². The molecular formula is C25H28N2O3. The van der Waals surface area contributed by atoms with Gasteiger partial charge in [-0.05, 0) is 35.2 Å². The van der Waals surface area contributed by atoms with Crippen molar-refractivity contribution in [1.82, 2.24) is 5.43 Å². The molecule has 5 heteroatoms. The van der Waals surface area contributed by atoms with E-state index < -0.39 is 5.41 Å². The van der Waals surface area contributed by atoms with E-state index in [1.807, 2.05) is 92.7 Å². The van der Waals surface area contributed by atoms with Crippen molar-refractivity contribution in [1.29, 1.82) is 0 Å². The SMILES string of the molecule is CC(C)(Cc1ccc(OCc2ccccc2)c(OCc2ccccc2)c1)C(=O)NN. The van der Waals surface area contributed by atoms with E-state index in [1.54, 1.807) is 0 Å². The molecule has 0 aliphatic carbocycles. The Hall–Kier alpha value is -3.31. The van der Waals surface area contributed by atoms with E-state index >= 15 is 0 Å². The van der Waals surface area contributed by atoms with Crippen LogP contribution in [0.4, 0.5) is 0 Å². The summed E-state index contributed by atoms with van der Waals surface area (Å²) in [7, 11) is 0. The maximum absolute atomic E-state index is 12.1. The van der Waals surface area contributed by atoms with Gasteiger partial charge in [-0.1, -0.05) is 80.6 Å². The number of amides is 1. The van der Waals surface area contributed by atoms with Gasteiger partial charge < -0.3 is 9.47 Å². The van der Waals surface area contributed by atoms with Crippen LogP contribution >= 0.6 is 0 Å². The minimum absolute atomic E-state index is 0.210. The van der Waals surface area contributed by atoms with E-state index in [2.05, 4.69) is 5.43 Å². The topological polar surface area (TPSA) is 73.6 Å². The zero-order valence-corrected chi connectivity index (χ0v) is 17.4. The monoisotopic (exact) mass is 404 g/mol. The zero-order valence-electron chi connectivity index (χ0n) is 17.4. The summed E-state index contributed by atoms with van der Waals surface area (Å²) in [6, 6.07) is 25.8. The van der Waals surface area contributed by atoms with Gasteiger partial charge in [-0.15, -0.1) is 0 Å². The summed E-state index contributed by atoms with van der Waals surface area (Å²) in [6.45, 7) is 4.60. The first-order valence-corrected chi connectivity index (χ1v) is 9.95. The van der Waals surface area contributed by atoms with Crippen molar-refractivity contribution >= 4 is 5.91 Å². The van der Waals surface area contributed by atoms with Crippen molar-refractivity contribution in [2.24, 2.45) is 11.3 Å². The van der Waals surface area contributed by atoms with Gasteiger partial charge in [-0.2, -0.15) is 0 Å². The lowest BCUT2D eigenvalue weighted by atomic mass is 9.85. The molecular weight excluding hydrogens is 376 g/mol. The molecule has 3 N–H and O–H groups in total. The molecule has 0 saturated heterocycles. The van der Waals surface area contributed by atoms with Crippen molar-refractivity contribution in [3.8, 4) is 11.5 Å². The lowest BCUT2D eigenvalue weighted by Gasteiger charge is -2.23. The third-order valence-electron chi connectivity index (χ3n) is 4.87. The minimum Gasteiger partial charge on any atom is -0.485 e. The van der Waals surface area contributed by atoms with E-state index in [4.69, 9.17) is 15.3 Å². The van der Waals surface area contributed by atoms with Gasteiger partial charge >= 0.3 is 0 Å². The lowest BCUT2D eigenvalue weighted by Crippen LogP contribution is -2.42. The quantitative estimate of drug-likeness (QED) is 0.315. The molecule has 3 aromatic carbocycles. The third kappa shape index (κ3) is 5.84. The average Bonchev–Trinajstić information content (AvgIpc) is 2.77. The molecule has 0 fully saturated rings. The van der Waals surface area contributed by atoms with Crippen molar-refractivity contribution in [3.63, 3.8) is 0 Å². The molecule has 3 aromatic rings. The molecule has 3 rings (SSSR count). The number of hydrogen-bond acceptors (Lipinski definition) is 4.